The number of aliphatic hydroxyl groups is 5. The van der Waals surface area contributed by atoms with Crippen LogP contribution < -0.4 is 0 Å². The van der Waals surface area contributed by atoms with E-state index in [0.29, 0.717) is 12.8 Å². The van der Waals surface area contributed by atoms with Gasteiger partial charge in [0.05, 0.1) is 6.61 Å². The lowest BCUT2D eigenvalue weighted by Crippen LogP contribution is -2.64. The van der Waals surface area contributed by atoms with Crippen molar-refractivity contribution in [2.75, 3.05) is 13.2 Å². The Kier molecular flexibility index (Phi) is 37.6. The van der Waals surface area contributed by atoms with Crippen LogP contribution in [-0.2, 0) is 32.7 Å². The van der Waals surface area contributed by atoms with Crippen LogP contribution in [0.4, 0.5) is 0 Å². The summed E-state index contributed by atoms with van der Waals surface area (Å²) >= 11 is 0. The minimum atomic E-state index is -5.12. The predicted molar refractivity (Wildman–Crippen MR) is 249 cm³/mol. The number of phosphoric ester groups is 1. The topological polar surface area (TPSA) is 210 Å². The van der Waals surface area contributed by atoms with Gasteiger partial charge in [0, 0.05) is 12.8 Å². The van der Waals surface area contributed by atoms with Crippen LogP contribution in [0.3, 0.4) is 0 Å². The molecule has 0 aliphatic heterocycles. The van der Waals surface area contributed by atoms with E-state index in [1.807, 2.05) is 0 Å². The maximum atomic E-state index is 12.8. The van der Waals surface area contributed by atoms with Crippen molar-refractivity contribution in [2.24, 2.45) is 0 Å². The van der Waals surface area contributed by atoms with Gasteiger partial charge in [0.15, 0.2) is 6.10 Å². The number of carbonyl (C=O) groups excluding carboxylic acids is 2. The van der Waals surface area contributed by atoms with Crippen molar-refractivity contribution in [2.45, 2.75) is 275 Å². The SMILES string of the molecule is CCCCCCCCCC/C=C\CCCCCCCCCC(=O)OC[C@H](COP(=O)(O)OC1C(O)C(O)C(O)[C@@H](O)C1O)OC(=O)CCCCCCCCCCCCCCCCC. The molecule has 8 atom stereocenters. The maximum absolute atomic E-state index is 12.8. The van der Waals surface area contributed by atoms with Gasteiger partial charge in [-0.2, -0.15) is 0 Å². The summed E-state index contributed by atoms with van der Waals surface area (Å²) in [4.78, 5) is 35.8. The third-order valence-electron chi connectivity index (χ3n) is 12.1. The average Bonchev–Trinajstić information content (AvgIpc) is 3.26. The first-order valence-corrected chi connectivity index (χ1v) is 27.0. The average molecular weight is 921 g/mol. The monoisotopic (exact) mass is 921 g/mol. The largest absolute Gasteiger partial charge is 0.472 e. The summed E-state index contributed by atoms with van der Waals surface area (Å²) in [7, 11) is -5.12. The molecule has 1 rings (SSSR count). The van der Waals surface area contributed by atoms with Crippen molar-refractivity contribution >= 4 is 19.8 Å². The number of aliphatic hydroxyl groups excluding tert-OH is 5. The van der Waals surface area contributed by atoms with Gasteiger partial charge >= 0.3 is 19.8 Å². The molecule has 1 aliphatic carbocycles. The Balaban J connectivity index is 2.39. The van der Waals surface area contributed by atoms with E-state index in [0.717, 1.165) is 51.4 Å². The molecule has 13 nitrogen and oxygen atoms in total. The Morgan fingerprint density at radius 3 is 1.21 bits per heavy atom. The molecular weight excluding hydrogens is 827 g/mol. The molecule has 0 amide bonds. The smallest absolute Gasteiger partial charge is 0.462 e. The van der Waals surface area contributed by atoms with Gasteiger partial charge in [-0.05, 0) is 38.5 Å². The van der Waals surface area contributed by atoms with E-state index in [4.69, 9.17) is 18.5 Å². The quantitative estimate of drug-likeness (QED) is 0.0146. The van der Waals surface area contributed by atoms with Gasteiger partial charge in [-0.1, -0.05) is 193 Å². The molecule has 0 spiro atoms. The van der Waals surface area contributed by atoms with Crippen molar-refractivity contribution in [3.05, 3.63) is 12.2 Å². The standard InChI is InChI=1S/C49H93O13P/c1-3-5-7-9-11-13-15-17-19-20-21-22-24-25-27-29-31-33-35-37-42(50)59-39-41(40-60-63(57,58)62-49-47(55)45(53)44(52)46(54)48(49)56)61-43(51)38-36-34-32-30-28-26-23-18-16-14-12-10-8-6-4-2/h20-21,41,44-49,52-56H,3-19,22-40H2,1-2H3,(H,57,58)/b21-20-/t41-,44?,45-,46?,47?,48?,49?/m1/s1. The molecule has 372 valence electrons. The highest BCUT2D eigenvalue weighted by Crippen LogP contribution is 2.47. The van der Waals surface area contributed by atoms with Gasteiger partial charge in [0.1, 0.15) is 43.2 Å². The molecule has 0 bridgehead atoms. The van der Waals surface area contributed by atoms with E-state index in [1.165, 1.54) is 141 Å². The van der Waals surface area contributed by atoms with E-state index in [-0.39, 0.29) is 12.8 Å². The molecule has 0 aromatic rings. The van der Waals surface area contributed by atoms with Crippen LogP contribution in [0.2, 0.25) is 0 Å². The van der Waals surface area contributed by atoms with Crippen LogP contribution in [0.25, 0.3) is 0 Å². The summed E-state index contributed by atoms with van der Waals surface area (Å²) in [5.41, 5.74) is 0. The summed E-state index contributed by atoms with van der Waals surface area (Å²) in [5, 5.41) is 50.2. The van der Waals surface area contributed by atoms with Crippen molar-refractivity contribution in [3.8, 4) is 0 Å². The maximum Gasteiger partial charge on any atom is 0.472 e. The summed E-state index contributed by atoms with van der Waals surface area (Å²) in [6.45, 7) is 3.33. The first kappa shape index (κ1) is 59.6. The predicted octanol–water partition coefficient (Wildman–Crippen LogP) is 10.6. The molecule has 6 unspecified atom stereocenters. The second-order valence-electron chi connectivity index (χ2n) is 18.0. The number of phosphoric acid groups is 1. The molecule has 0 saturated heterocycles. The number of rotatable bonds is 43. The minimum absolute atomic E-state index is 0.102. The zero-order valence-electron chi connectivity index (χ0n) is 39.6. The molecule has 0 aromatic heterocycles. The van der Waals surface area contributed by atoms with Gasteiger partial charge in [0.2, 0.25) is 0 Å². The summed E-state index contributed by atoms with van der Waals surface area (Å²) in [6.07, 6.45) is 29.7. The molecule has 1 fully saturated rings. The third-order valence-corrected chi connectivity index (χ3v) is 13.1. The Morgan fingerprint density at radius 2 is 0.810 bits per heavy atom. The van der Waals surface area contributed by atoms with Gasteiger partial charge in [-0.15, -0.1) is 0 Å². The fourth-order valence-electron chi connectivity index (χ4n) is 7.99. The van der Waals surface area contributed by atoms with E-state index < -0.39 is 75.7 Å². The number of carbonyl (C=O) groups is 2. The van der Waals surface area contributed by atoms with Crippen LogP contribution in [0, 0.1) is 0 Å². The lowest BCUT2D eigenvalue weighted by molar-refractivity contribution is -0.220. The van der Waals surface area contributed by atoms with Crippen LogP contribution >= 0.6 is 7.82 Å². The first-order valence-electron chi connectivity index (χ1n) is 25.5. The van der Waals surface area contributed by atoms with Crippen molar-refractivity contribution in [3.63, 3.8) is 0 Å². The molecule has 1 aliphatic rings. The minimum Gasteiger partial charge on any atom is -0.462 e. The summed E-state index contributed by atoms with van der Waals surface area (Å²) in [5.74, 6) is -1.09. The molecule has 0 radical (unpaired) electrons. The number of ether oxygens (including phenoxy) is 2. The van der Waals surface area contributed by atoms with E-state index in [2.05, 4.69) is 26.0 Å². The Labute approximate surface area is 382 Å². The molecule has 14 heteroatoms. The number of esters is 2. The number of unbranched alkanes of at least 4 members (excludes halogenated alkanes) is 29. The first-order chi connectivity index (χ1) is 30.4. The third kappa shape index (κ3) is 32.0. The van der Waals surface area contributed by atoms with Crippen molar-refractivity contribution in [1.29, 1.82) is 0 Å². The van der Waals surface area contributed by atoms with Gasteiger partial charge in [-0.25, -0.2) is 4.57 Å². The van der Waals surface area contributed by atoms with Crippen molar-refractivity contribution in [1.82, 2.24) is 0 Å². The second kappa shape index (κ2) is 39.7. The molecule has 0 aromatic carbocycles. The fourth-order valence-corrected chi connectivity index (χ4v) is 8.96. The lowest BCUT2D eigenvalue weighted by Gasteiger charge is -2.41. The zero-order chi connectivity index (χ0) is 46.4. The van der Waals surface area contributed by atoms with Crippen LogP contribution in [0.15, 0.2) is 12.2 Å². The summed E-state index contributed by atoms with van der Waals surface area (Å²) in [6, 6.07) is 0. The summed E-state index contributed by atoms with van der Waals surface area (Å²) < 4.78 is 33.6. The van der Waals surface area contributed by atoms with Crippen molar-refractivity contribution < 1.29 is 63.1 Å². The van der Waals surface area contributed by atoms with Crippen LogP contribution in [0.5, 0.6) is 0 Å². The molecule has 63 heavy (non-hydrogen) atoms. The van der Waals surface area contributed by atoms with Gasteiger partial charge < -0.3 is 39.9 Å². The number of hydrogen-bond acceptors (Lipinski definition) is 12. The number of allylic oxidation sites excluding steroid dienone is 2. The molecule has 6 N–H and O–H groups in total. The van der Waals surface area contributed by atoms with Crippen LogP contribution in [0.1, 0.15) is 232 Å². The lowest BCUT2D eigenvalue weighted by atomic mass is 9.85. The Hall–Kier alpha value is -1.41. The fraction of sp³-hybridized carbons (Fsp3) is 0.918. The van der Waals surface area contributed by atoms with E-state index >= 15 is 0 Å². The van der Waals surface area contributed by atoms with E-state index in [9.17, 15) is 44.6 Å². The highest BCUT2D eigenvalue weighted by molar-refractivity contribution is 7.47. The highest BCUT2D eigenvalue weighted by Gasteiger charge is 2.51. The second-order valence-corrected chi connectivity index (χ2v) is 19.4. The van der Waals surface area contributed by atoms with Crippen LogP contribution in [-0.4, -0.2) is 98.3 Å². The normalized spacial score (nSPS) is 21.7. The highest BCUT2D eigenvalue weighted by atomic mass is 31.2. The van der Waals surface area contributed by atoms with Gasteiger partial charge in [-0.3, -0.25) is 18.6 Å². The molecule has 1 saturated carbocycles. The Bertz CT molecular complexity index is 1160. The zero-order valence-corrected chi connectivity index (χ0v) is 40.5. The Morgan fingerprint density at radius 1 is 0.476 bits per heavy atom. The molecule has 0 heterocycles. The molecular formula is C49H93O13P. The van der Waals surface area contributed by atoms with Gasteiger partial charge in [0.25, 0.3) is 0 Å². The number of hydrogen-bond donors (Lipinski definition) is 6. The van der Waals surface area contributed by atoms with E-state index in [1.54, 1.807) is 0 Å².